The van der Waals surface area contributed by atoms with Crippen LogP contribution in [0.2, 0.25) is 0 Å². The van der Waals surface area contributed by atoms with Gasteiger partial charge in [0.15, 0.2) is 0 Å². The van der Waals surface area contributed by atoms with Crippen LogP contribution in [0.4, 0.5) is 0 Å². The number of likely N-dealkylation sites (tertiary alicyclic amines) is 1. The van der Waals surface area contributed by atoms with E-state index in [1.54, 1.807) is 0 Å². The van der Waals surface area contributed by atoms with Gasteiger partial charge in [0.25, 0.3) is 0 Å². The van der Waals surface area contributed by atoms with Crippen LogP contribution in [0.3, 0.4) is 0 Å². The van der Waals surface area contributed by atoms with Crippen molar-refractivity contribution in [2.75, 3.05) is 26.2 Å². The first-order chi connectivity index (χ1) is 11.8. The molecule has 4 nitrogen and oxygen atoms in total. The summed E-state index contributed by atoms with van der Waals surface area (Å²) >= 11 is 0. The van der Waals surface area contributed by atoms with Gasteiger partial charge >= 0.3 is 0 Å². The predicted octanol–water partition coefficient (Wildman–Crippen LogP) is 2.75. The van der Waals surface area contributed by atoms with Crippen LogP contribution in [0.1, 0.15) is 43.7 Å². The van der Waals surface area contributed by atoms with Gasteiger partial charge in [-0.05, 0) is 62.2 Å². The van der Waals surface area contributed by atoms with Crippen LogP contribution in [-0.4, -0.2) is 43.0 Å². The van der Waals surface area contributed by atoms with E-state index in [-0.39, 0.29) is 24.4 Å². The van der Waals surface area contributed by atoms with Gasteiger partial charge in [0, 0.05) is 19.6 Å². The summed E-state index contributed by atoms with van der Waals surface area (Å²) in [5, 5.41) is 6.45. The predicted molar refractivity (Wildman–Crippen MR) is 105 cm³/mol. The zero-order valence-electron chi connectivity index (χ0n) is 15.3. The van der Waals surface area contributed by atoms with E-state index < -0.39 is 0 Å². The summed E-state index contributed by atoms with van der Waals surface area (Å²) in [6.45, 7) is 7.33. The molecule has 0 aromatic heterocycles. The molecule has 1 amide bonds. The summed E-state index contributed by atoms with van der Waals surface area (Å²) in [4.78, 5) is 14.7. The lowest BCUT2D eigenvalue weighted by atomic mass is 9.96. The highest BCUT2D eigenvalue weighted by molar-refractivity contribution is 5.85. The van der Waals surface area contributed by atoms with Gasteiger partial charge in [-0.15, -0.1) is 12.4 Å². The maximum absolute atomic E-state index is 12.2. The Bertz CT molecular complexity index is 545. The number of hydrogen-bond acceptors (Lipinski definition) is 3. The van der Waals surface area contributed by atoms with Crippen molar-refractivity contribution in [3.05, 3.63) is 35.4 Å². The van der Waals surface area contributed by atoms with Crippen molar-refractivity contribution in [1.29, 1.82) is 0 Å². The van der Waals surface area contributed by atoms with Gasteiger partial charge in [-0.3, -0.25) is 9.69 Å². The number of nitrogens with one attached hydrogen (secondary N) is 2. The molecule has 2 unspecified atom stereocenters. The van der Waals surface area contributed by atoms with Crippen LogP contribution in [0.5, 0.6) is 0 Å². The maximum atomic E-state index is 12.2. The Balaban J connectivity index is 0.00000225. The molecule has 2 saturated heterocycles. The van der Waals surface area contributed by atoms with Crippen LogP contribution < -0.4 is 10.6 Å². The molecule has 5 heteroatoms. The molecule has 0 radical (unpaired) electrons. The van der Waals surface area contributed by atoms with Gasteiger partial charge in [0.2, 0.25) is 5.91 Å². The average molecular weight is 366 g/mol. The lowest BCUT2D eigenvalue weighted by Crippen LogP contribution is -2.45. The van der Waals surface area contributed by atoms with Crippen LogP contribution >= 0.6 is 12.4 Å². The zero-order valence-corrected chi connectivity index (χ0v) is 16.1. The largest absolute Gasteiger partial charge is 0.354 e. The summed E-state index contributed by atoms with van der Waals surface area (Å²) in [6, 6.07) is 8.82. The third kappa shape index (κ3) is 5.70. The number of carbonyl (C=O) groups excluding carboxylic acids is 1. The highest BCUT2D eigenvalue weighted by atomic mass is 35.5. The van der Waals surface area contributed by atoms with Crippen molar-refractivity contribution in [1.82, 2.24) is 15.5 Å². The molecule has 2 atom stereocenters. The van der Waals surface area contributed by atoms with E-state index in [1.807, 2.05) is 0 Å². The van der Waals surface area contributed by atoms with E-state index in [1.165, 1.54) is 30.5 Å². The van der Waals surface area contributed by atoms with Crippen molar-refractivity contribution in [2.45, 2.75) is 51.6 Å². The number of halogens is 1. The SMILES string of the molecule is CCc1ccccc1CN1CCCC(CNC(=O)C2CCCN2)C1.Cl. The minimum Gasteiger partial charge on any atom is -0.354 e. The van der Waals surface area contributed by atoms with Crippen molar-refractivity contribution in [2.24, 2.45) is 5.92 Å². The van der Waals surface area contributed by atoms with Gasteiger partial charge in [0.05, 0.1) is 6.04 Å². The molecule has 3 rings (SSSR count). The van der Waals surface area contributed by atoms with Gasteiger partial charge in [-0.2, -0.15) is 0 Å². The Labute approximate surface area is 158 Å². The van der Waals surface area contributed by atoms with Crippen LogP contribution in [0.25, 0.3) is 0 Å². The fourth-order valence-electron chi connectivity index (χ4n) is 4.04. The number of rotatable bonds is 6. The number of hydrogen-bond donors (Lipinski definition) is 2. The Hall–Kier alpha value is -1.10. The maximum Gasteiger partial charge on any atom is 0.237 e. The number of piperidine rings is 1. The average Bonchev–Trinajstić information content (AvgIpc) is 3.15. The standard InChI is InChI=1S/C20H31N3O.ClH/c1-2-17-8-3-4-9-18(17)15-23-12-6-7-16(14-23)13-22-20(24)19-10-5-11-21-19;/h3-4,8-9,16,19,21H,2,5-7,10-15H2,1H3,(H,22,24);1H. The van der Waals surface area contributed by atoms with E-state index in [9.17, 15) is 4.79 Å². The fraction of sp³-hybridized carbons (Fsp3) is 0.650. The molecule has 0 aliphatic carbocycles. The summed E-state index contributed by atoms with van der Waals surface area (Å²) in [6.07, 6.45) is 5.65. The molecule has 2 aliphatic heterocycles. The van der Waals surface area contributed by atoms with E-state index in [0.717, 1.165) is 45.4 Å². The summed E-state index contributed by atoms with van der Waals surface area (Å²) in [5.41, 5.74) is 2.92. The van der Waals surface area contributed by atoms with Crippen LogP contribution in [-0.2, 0) is 17.8 Å². The molecule has 0 spiro atoms. The van der Waals surface area contributed by atoms with Gasteiger partial charge in [-0.1, -0.05) is 31.2 Å². The van der Waals surface area contributed by atoms with Crippen LogP contribution in [0, 0.1) is 5.92 Å². The molecule has 0 bridgehead atoms. The Morgan fingerprint density at radius 2 is 2.04 bits per heavy atom. The minimum absolute atomic E-state index is 0. The number of nitrogens with zero attached hydrogens (tertiary/aromatic N) is 1. The number of aryl methyl sites for hydroxylation is 1. The van der Waals surface area contributed by atoms with Gasteiger partial charge in [0.1, 0.15) is 0 Å². The molecule has 0 saturated carbocycles. The molecule has 2 fully saturated rings. The number of carbonyl (C=O) groups is 1. The molecule has 2 heterocycles. The number of amides is 1. The molecule has 1 aromatic carbocycles. The molecule has 140 valence electrons. The summed E-state index contributed by atoms with van der Waals surface area (Å²) in [5.74, 6) is 0.777. The Morgan fingerprint density at radius 3 is 2.76 bits per heavy atom. The molecule has 25 heavy (non-hydrogen) atoms. The van der Waals surface area contributed by atoms with E-state index in [4.69, 9.17) is 0 Å². The van der Waals surface area contributed by atoms with Crippen molar-refractivity contribution < 1.29 is 4.79 Å². The molecular formula is C20H32ClN3O. The van der Waals surface area contributed by atoms with Crippen molar-refractivity contribution in [3.63, 3.8) is 0 Å². The summed E-state index contributed by atoms with van der Waals surface area (Å²) < 4.78 is 0. The first-order valence-electron chi connectivity index (χ1n) is 9.56. The number of benzene rings is 1. The van der Waals surface area contributed by atoms with E-state index in [2.05, 4.69) is 46.7 Å². The van der Waals surface area contributed by atoms with E-state index >= 15 is 0 Å². The highest BCUT2D eigenvalue weighted by Crippen LogP contribution is 2.20. The van der Waals surface area contributed by atoms with Crippen LogP contribution in [0.15, 0.2) is 24.3 Å². The topological polar surface area (TPSA) is 44.4 Å². The van der Waals surface area contributed by atoms with Crippen molar-refractivity contribution >= 4 is 18.3 Å². The van der Waals surface area contributed by atoms with Gasteiger partial charge < -0.3 is 10.6 Å². The third-order valence-corrected chi connectivity index (χ3v) is 5.44. The monoisotopic (exact) mass is 365 g/mol. The van der Waals surface area contributed by atoms with E-state index in [0.29, 0.717) is 5.92 Å². The molecule has 1 aromatic rings. The second-order valence-electron chi connectivity index (χ2n) is 7.26. The smallest absolute Gasteiger partial charge is 0.237 e. The molecule has 2 aliphatic rings. The highest BCUT2D eigenvalue weighted by Gasteiger charge is 2.24. The summed E-state index contributed by atoms with van der Waals surface area (Å²) in [7, 11) is 0. The minimum atomic E-state index is 0. The third-order valence-electron chi connectivity index (χ3n) is 5.44. The Kier molecular flexibility index (Phi) is 8.20. The first kappa shape index (κ1) is 20.2. The molecular weight excluding hydrogens is 334 g/mol. The van der Waals surface area contributed by atoms with Crippen molar-refractivity contribution in [3.8, 4) is 0 Å². The molecule has 2 N–H and O–H groups in total. The quantitative estimate of drug-likeness (QED) is 0.814. The Morgan fingerprint density at radius 1 is 1.24 bits per heavy atom. The second-order valence-corrected chi connectivity index (χ2v) is 7.26. The van der Waals surface area contributed by atoms with Gasteiger partial charge in [-0.25, -0.2) is 0 Å². The first-order valence-corrected chi connectivity index (χ1v) is 9.56. The zero-order chi connectivity index (χ0) is 16.8. The normalized spacial score (nSPS) is 23.9. The second kappa shape index (κ2) is 10.1. The lowest BCUT2D eigenvalue weighted by molar-refractivity contribution is -0.123. The lowest BCUT2D eigenvalue weighted by Gasteiger charge is -2.33. The fourth-order valence-corrected chi connectivity index (χ4v) is 4.04.